The third-order valence-electron chi connectivity index (χ3n) is 4.05. The Morgan fingerprint density at radius 2 is 2.04 bits per heavy atom. The van der Waals surface area contributed by atoms with Crippen LogP contribution in [-0.2, 0) is 5.41 Å². The molecule has 1 saturated carbocycles. The van der Waals surface area contributed by atoms with Crippen molar-refractivity contribution in [2.75, 3.05) is 11.9 Å². The number of aliphatic hydroxyl groups excluding tert-OH is 1. The molecule has 1 aromatic rings. The van der Waals surface area contributed by atoms with E-state index in [1.807, 2.05) is 20.8 Å². The molecule has 1 aromatic heterocycles. The van der Waals surface area contributed by atoms with Crippen molar-refractivity contribution >= 4 is 22.7 Å². The lowest BCUT2D eigenvalue weighted by atomic mass is 9.94. The summed E-state index contributed by atoms with van der Waals surface area (Å²) < 4.78 is 4.32. The van der Waals surface area contributed by atoms with Gasteiger partial charge in [-0.15, -0.1) is 0 Å². The van der Waals surface area contributed by atoms with Crippen molar-refractivity contribution < 1.29 is 9.90 Å². The van der Waals surface area contributed by atoms with E-state index in [9.17, 15) is 9.90 Å². The van der Waals surface area contributed by atoms with Crippen LogP contribution in [0.3, 0.4) is 0 Å². The molecule has 2 N–H and O–H groups in total. The maximum atomic E-state index is 12.6. The largest absolute Gasteiger partial charge is 0.392 e. The molecule has 0 bridgehead atoms. The van der Waals surface area contributed by atoms with Gasteiger partial charge >= 0.3 is 6.03 Å². The minimum absolute atomic E-state index is 0.137. The minimum atomic E-state index is -0.540. The van der Waals surface area contributed by atoms with Gasteiger partial charge in [-0.2, -0.15) is 4.37 Å². The van der Waals surface area contributed by atoms with Gasteiger partial charge < -0.3 is 10.0 Å². The zero-order chi connectivity index (χ0) is 17.0. The quantitative estimate of drug-likeness (QED) is 0.881. The van der Waals surface area contributed by atoms with Crippen molar-refractivity contribution in [2.24, 2.45) is 0 Å². The van der Waals surface area contributed by atoms with Crippen molar-refractivity contribution in [1.82, 2.24) is 14.3 Å². The summed E-state index contributed by atoms with van der Waals surface area (Å²) >= 11 is 1.21. The standard InChI is InChI=1S/C16H28N4O2S/c1-11(21)10-20(12-8-6-5-7-9-12)15(22)18-14-17-13(19-23-14)16(2,3)4/h11-12,21H,5-10H2,1-4H3,(H,17,18,19,22). The van der Waals surface area contributed by atoms with Crippen LogP contribution in [0, 0.1) is 0 Å². The number of nitrogens with one attached hydrogen (secondary N) is 1. The van der Waals surface area contributed by atoms with Crippen molar-refractivity contribution in [1.29, 1.82) is 0 Å². The fourth-order valence-electron chi connectivity index (χ4n) is 2.82. The van der Waals surface area contributed by atoms with Crippen molar-refractivity contribution in [3.8, 4) is 0 Å². The Morgan fingerprint density at radius 1 is 1.39 bits per heavy atom. The average Bonchev–Trinajstić information content (AvgIpc) is 2.94. The second-order valence-corrected chi connectivity index (χ2v) is 8.15. The van der Waals surface area contributed by atoms with Crippen LogP contribution >= 0.6 is 11.5 Å². The Hall–Kier alpha value is -1.21. The normalized spacial score (nSPS) is 17.8. The first-order chi connectivity index (χ1) is 10.8. The van der Waals surface area contributed by atoms with E-state index in [0.29, 0.717) is 11.7 Å². The van der Waals surface area contributed by atoms with Crippen LogP contribution in [0.25, 0.3) is 0 Å². The molecule has 130 valence electrons. The summed E-state index contributed by atoms with van der Waals surface area (Å²) in [5.74, 6) is 0.734. The van der Waals surface area contributed by atoms with Crippen molar-refractivity contribution in [3.05, 3.63) is 5.82 Å². The first-order valence-corrected chi connectivity index (χ1v) is 9.14. The van der Waals surface area contributed by atoms with Crippen molar-refractivity contribution in [2.45, 2.75) is 77.4 Å². The molecule has 1 unspecified atom stereocenters. The zero-order valence-corrected chi connectivity index (χ0v) is 15.3. The number of urea groups is 1. The molecule has 0 aliphatic heterocycles. The lowest BCUT2D eigenvalue weighted by molar-refractivity contribution is 0.105. The molecular formula is C16H28N4O2S. The fourth-order valence-corrected chi connectivity index (χ4v) is 3.57. The molecule has 1 aliphatic carbocycles. The lowest BCUT2D eigenvalue weighted by Crippen LogP contribution is -2.47. The monoisotopic (exact) mass is 340 g/mol. The van der Waals surface area contributed by atoms with E-state index in [0.717, 1.165) is 31.5 Å². The molecular weight excluding hydrogens is 312 g/mol. The lowest BCUT2D eigenvalue weighted by Gasteiger charge is -2.34. The SMILES string of the molecule is CC(O)CN(C(=O)Nc1nc(C(C)(C)C)ns1)C1CCCCC1. The van der Waals surface area contributed by atoms with Crippen LogP contribution in [0.4, 0.5) is 9.93 Å². The Labute approximate surface area is 142 Å². The predicted molar refractivity (Wildman–Crippen MR) is 92.9 cm³/mol. The van der Waals surface area contributed by atoms with Gasteiger partial charge in [-0.25, -0.2) is 9.78 Å². The van der Waals surface area contributed by atoms with E-state index in [4.69, 9.17) is 0 Å². The van der Waals surface area contributed by atoms with Gasteiger partial charge in [-0.3, -0.25) is 5.32 Å². The molecule has 0 radical (unpaired) electrons. The van der Waals surface area contributed by atoms with Crippen LogP contribution in [0.1, 0.15) is 65.6 Å². The van der Waals surface area contributed by atoms with E-state index in [1.54, 1.807) is 11.8 Å². The molecule has 23 heavy (non-hydrogen) atoms. The molecule has 1 heterocycles. The third-order valence-corrected chi connectivity index (χ3v) is 4.68. The summed E-state index contributed by atoms with van der Waals surface area (Å²) in [6.45, 7) is 8.19. The topological polar surface area (TPSA) is 78.4 Å². The maximum absolute atomic E-state index is 12.6. The van der Waals surface area contributed by atoms with Gasteiger partial charge in [0.25, 0.3) is 0 Å². The highest BCUT2D eigenvalue weighted by molar-refractivity contribution is 7.09. The van der Waals surface area contributed by atoms with Gasteiger partial charge in [-0.1, -0.05) is 40.0 Å². The molecule has 0 saturated heterocycles. The van der Waals surface area contributed by atoms with Crippen molar-refractivity contribution in [3.63, 3.8) is 0 Å². The number of aromatic nitrogens is 2. The van der Waals surface area contributed by atoms with Gasteiger partial charge in [0.2, 0.25) is 5.13 Å². The Bertz CT molecular complexity index is 518. The molecule has 1 atom stereocenters. The number of carbonyl (C=O) groups is 1. The highest BCUT2D eigenvalue weighted by atomic mass is 32.1. The van der Waals surface area contributed by atoms with E-state index in [2.05, 4.69) is 14.7 Å². The summed E-state index contributed by atoms with van der Waals surface area (Å²) in [6.07, 6.45) is 4.98. The zero-order valence-electron chi connectivity index (χ0n) is 14.5. The predicted octanol–water partition coefficient (Wildman–Crippen LogP) is 3.38. The van der Waals surface area contributed by atoms with Crippen LogP contribution < -0.4 is 5.32 Å². The fraction of sp³-hybridized carbons (Fsp3) is 0.812. The van der Waals surface area contributed by atoms with E-state index in [-0.39, 0.29) is 17.5 Å². The van der Waals surface area contributed by atoms with Gasteiger partial charge in [-0.05, 0) is 19.8 Å². The van der Waals surface area contributed by atoms with Crippen LogP contribution in [0.5, 0.6) is 0 Å². The molecule has 0 spiro atoms. The second kappa shape index (κ2) is 7.57. The molecule has 1 aliphatic rings. The highest BCUT2D eigenvalue weighted by Gasteiger charge is 2.27. The summed E-state index contributed by atoms with van der Waals surface area (Å²) in [7, 11) is 0. The first-order valence-electron chi connectivity index (χ1n) is 8.37. The van der Waals surface area contributed by atoms with Crippen LogP contribution in [-0.4, -0.2) is 44.1 Å². The molecule has 6 nitrogen and oxygen atoms in total. The average molecular weight is 340 g/mol. The number of amides is 2. The summed E-state index contributed by atoms with van der Waals surface area (Å²) in [6, 6.07) is 0.0165. The van der Waals surface area contributed by atoms with Crippen LogP contribution in [0.2, 0.25) is 0 Å². The van der Waals surface area contributed by atoms with E-state index < -0.39 is 6.10 Å². The van der Waals surface area contributed by atoms with E-state index >= 15 is 0 Å². The minimum Gasteiger partial charge on any atom is -0.392 e. The Balaban J connectivity index is 2.06. The number of anilines is 1. The Morgan fingerprint density at radius 3 is 2.57 bits per heavy atom. The smallest absolute Gasteiger partial charge is 0.324 e. The number of hydrogen-bond donors (Lipinski definition) is 2. The molecule has 2 amide bonds. The molecule has 2 rings (SSSR count). The van der Waals surface area contributed by atoms with Gasteiger partial charge in [0.05, 0.1) is 6.10 Å². The molecule has 1 fully saturated rings. The molecule has 7 heteroatoms. The highest BCUT2D eigenvalue weighted by Crippen LogP contribution is 2.25. The van der Waals surface area contributed by atoms with Gasteiger partial charge in [0, 0.05) is 29.5 Å². The van der Waals surface area contributed by atoms with Gasteiger partial charge in [0.1, 0.15) is 5.82 Å². The summed E-state index contributed by atoms with van der Waals surface area (Å²) in [5, 5.41) is 13.1. The number of hydrogen-bond acceptors (Lipinski definition) is 5. The molecule has 0 aromatic carbocycles. The number of aliphatic hydroxyl groups is 1. The van der Waals surface area contributed by atoms with E-state index in [1.165, 1.54) is 18.0 Å². The van der Waals surface area contributed by atoms with Gasteiger partial charge in [0.15, 0.2) is 0 Å². The second-order valence-electron chi connectivity index (χ2n) is 7.40. The summed E-state index contributed by atoms with van der Waals surface area (Å²) in [5.41, 5.74) is -0.137. The number of rotatable bonds is 4. The summed E-state index contributed by atoms with van der Waals surface area (Å²) in [4.78, 5) is 18.8. The van der Waals surface area contributed by atoms with Crippen LogP contribution in [0.15, 0.2) is 0 Å². The number of nitrogens with zero attached hydrogens (tertiary/aromatic N) is 3. The third kappa shape index (κ3) is 5.14. The number of carbonyl (C=O) groups excluding carboxylic acids is 1. The Kier molecular flexibility index (Phi) is 5.97. The maximum Gasteiger partial charge on any atom is 0.324 e. The first kappa shape index (κ1) is 18.1.